The summed E-state index contributed by atoms with van der Waals surface area (Å²) in [6.07, 6.45) is -4.46. The molecule has 1 aliphatic rings. The van der Waals surface area contributed by atoms with Crippen LogP contribution in [-0.2, 0) is 6.18 Å². The number of rotatable bonds is 3. The van der Waals surface area contributed by atoms with Gasteiger partial charge in [0.25, 0.3) is 0 Å². The summed E-state index contributed by atoms with van der Waals surface area (Å²) in [7, 11) is 0. The molecule has 1 aliphatic heterocycles. The van der Waals surface area contributed by atoms with Gasteiger partial charge >= 0.3 is 6.18 Å². The Hall–Kier alpha value is -0.820. The average molecular weight is 309 g/mol. The smallest absolute Gasteiger partial charge is 0.394 e. The Bertz CT molecular complexity index is 461. The second-order valence-electron chi connectivity index (χ2n) is 4.72. The summed E-state index contributed by atoms with van der Waals surface area (Å²) in [6.45, 7) is 2.92. The molecule has 0 saturated carbocycles. The van der Waals surface area contributed by atoms with E-state index in [9.17, 15) is 18.3 Å². The lowest BCUT2D eigenvalue weighted by Crippen LogP contribution is -2.46. The van der Waals surface area contributed by atoms with Gasteiger partial charge in [-0.2, -0.15) is 13.2 Å². The highest BCUT2D eigenvalue weighted by atomic mass is 35.5. The van der Waals surface area contributed by atoms with E-state index < -0.39 is 11.7 Å². The van der Waals surface area contributed by atoms with Gasteiger partial charge in [-0.05, 0) is 17.7 Å². The van der Waals surface area contributed by atoms with Gasteiger partial charge in [0, 0.05) is 26.2 Å². The molecule has 1 heterocycles. The molecule has 1 aromatic rings. The first kappa shape index (κ1) is 15.6. The minimum atomic E-state index is -4.46. The molecule has 0 aromatic heterocycles. The fraction of sp³-hybridized carbons (Fsp3) is 0.538. The predicted octanol–water partition coefficient (Wildman–Crippen LogP) is 2.30. The molecule has 0 amide bonds. The van der Waals surface area contributed by atoms with Crippen molar-refractivity contribution in [2.24, 2.45) is 0 Å². The number of benzene rings is 1. The third-order valence-corrected chi connectivity index (χ3v) is 3.76. The first-order valence-corrected chi connectivity index (χ1v) is 6.73. The lowest BCUT2D eigenvalue weighted by molar-refractivity contribution is -0.137. The van der Waals surface area contributed by atoms with Crippen LogP contribution in [0.4, 0.5) is 13.2 Å². The minimum absolute atomic E-state index is 0.151. The number of hydrogen-bond donors (Lipinski definition) is 2. The zero-order valence-corrected chi connectivity index (χ0v) is 11.5. The van der Waals surface area contributed by atoms with E-state index in [0.29, 0.717) is 5.56 Å². The van der Waals surface area contributed by atoms with Gasteiger partial charge in [-0.1, -0.05) is 17.7 Å². The van der Waals surface area contributed by atoms with E-state index in [0.717, 1.165) is 32.2 Å². The minimum Gasteiger partial charge on any atom is -0.394 e. The molecule has 1 fully saturated rings. The summed E-state index contributed by atoms with van der Waals surface area (Å²) in [5.74, 6) is 0. The maximum Gasteiger partial charge on any atom is 0.417 e. The average Bonchev–Trinajstić information content (AvgIpc) is 2.39. The van der Waals surface area contributed by atoms with Crippen molar-refractivity contribution < 1.29 is 18.3 Å². The Morgan fingerprint density at radius 2 is 1.95 bits per heavy atom. The van der Waals surface area contributed by atoms with E-state index in [1.807, 2.05) is 4.90 Å². The molecule has 112 valence electrons. The molecule has 2 rings (SSSR count). The Balaban J connectivity index is 2.24. The maximum absolute atomic E-state index is 12.7. The monoisotopic (exact) mass is 308 g/mol. The number of piperazine rings is 1. The molecule has 0 bridgehead atoms. The number of nitrogens with zero attached hydrogens (tertiary/aromatic N) is 1. The maximum atomic E-state index is 12.7. The molecule has 0 aliphatic carbocycles. The quantitative estimate of drug-likeness (QED) is 0.899. The molecular weight excluding hydrogens is 293 g/mol. The van der Waals surface area contributed by atoms with Crippen LogP contribution in [0.3, 0.4) is 0 Å². The highest BCUT2D eigenvalue weighted by molar-refractivity contribution is 6.31. The fourth-order valence-corrected chi connectivity index (χ4v) is 2.69. The number of nitrogens with one attached hydrogen (secondary N) is 1. The molecule has 20 heavy (non-hydrogen) atoms. The number of aliphatic hydroxyl groups excluding tert-OH is 1. The van der Waals surface area contributed by atoms with Crippen molar-refractivity contribution in [3.05, 3.63) is 34.3 Å². The van der Waals surface area contributed by atoms with Crippen LogP contribution in [-0.4, -0.2) is 42.8 Å². The molecule has 3 nitrogen and oxygen atoms in total. The summed E-state index contributed by atoms with van der Waals surface area (Å²) >= 11 is 5.72. The topological polar surface area (TPSA) is 35.5 Å². The summed E-state index contributed by atoms with van der Waals surface area (Å²) < 4.78 is 38.0. The molecule has 1 aromatic carbocycles. The number of alkyl halides is 3. The van der Waals surface area contributed by atoms with Crippen LogP contribution in [0.5, 0.6) is 0 Å². The van der Waals surface area contributed by atoms with Gasteiger partial charge in [0.2, 0.25) is 0 Å². The second-order valence-corrected chi connectivity index (χ2v) is 5.13. The lowest BCUT2D eigenvalue weighted by atomic mass is 10.0. The molecule has 7 heteroatoms. The largest absolute Gasteiger partial charge is 0.417 e. The number of hydrogen-bond acceptors (Lipinski definition) is 3. The van der Waals surface area contributed by atoms with E-state index in [1.165, 1.54) is 12.1 Å². The van der Waals surface area contributed by atoms with Crippen molar-refractivity contribution in [1.29, 1.82) is 0 Å². The first-order valence-electron chi connectivity index (χ1n) is 6.35. The molecule has 0 spiro atoms. The van der Waals surface area contributed by atoms with Crippen LogP contribution in [0.25, 0.3) is 0 Å². The summed E-state index contributed by atoms with van der Waals surface area (Å²) in [6, 6.07) is 3.34. The van der Waals surface area contributed by atoms with Crippen LogP contribution < -0.4 is 5.32 Å². The van der Waals surface area contributed by atoms with Crippen molar-refractivity contribution in [3.63, 3.8) is 0 Å². The van der Waals surface area contributed by atoms with Gasteiger partial charge < -0.3 is 10.4 Å². The van der Waals surface area contributed by atoms with Gasteiger partial charge in [0.05, 0.1) is 23.2 Å². The molecular formula is C13H16ClF3N2O. The van der Waals surface area contributed by atoms with Gasteiger partial charge in [-0.3, -0.25) is 4.90 Å². The van der Waals surface area contributed by atoms with Crippen LogP contribution in [0.15, 0.2) is 18.2 Å². The molecule has 1 saturated heterocycles. The van der Waals surface area contributed by atoms with Gasteiger partial charge in [-0.25, -0.2) is 0 Å². The standard InChI is InChI=1S/C13H16ClF3N2O/c14-11-7-9(1-2-10(11)13(15,16)17)12(8-20)19-5-3-18-4-6-19/h1-2,7,12,18,20H,3-6,8H2/t12-/m1/s1. The van der Waals surface area contributed by atoms with Crippen molar-refractivity contribution in [2.45, 2.75) is 12.2 Å². The first-order chi connectivity index (χ1) is 9.43. The third-order valence-electron chi connectivity index (χ3n) is 3.45. The van der Waals surface area contributed by atoms with Crippen LogP contribution >= 0.6 is 11.6 Å². The van der Waals surface area contributed by atoms with E-state index in [2.05, 4.69) is 5.32 Å². The second kappa shape index (κ2) is 6.30. The molecule has 2 N–H and O–H groups in total. The summed E-state index contributed by atoms with van der Waals surface area (Å²) in [5.41, 5.74) is -0.243. The van der Waals surface area contributed by atoms with E-state index in [-0.39, 0.29) is 17.7 Å². The Kier molecular flexibility index (Phi) is 4.90. The zero-order valence-electron chi connectivity index (χ0n) is 10.8. The van der Waals surface area contributed by atoms with Crippen molar-refractivity contribution in [1.82, 2.24) is 10.2 Å². The normalized spacial score (nSPS) is 19.1. The van der Waals surface area contributed by atoms with E-state index in [1.54, 1.807) is 0 Å². The van der Waals surface area contributed by atoms with Crippen molar-refractivity contribution in [3.8, 4) is 0 Å². The summed E-state index contributed by atoms with van der Waals surface area (Å²) in [5, 5.41) is 12.4. The highest BCUT2D eigenvalue weighted by Crippen LogP contribution is 2.36. The van der Waals surface area contributed by atoms with E-state index >= 15 is 0 Å². The van der Waals surface area contributed by atoms with Gasteiger partial charge in [-0.15, -0.1) is 0 Å². The van der Waals surface area contributed by atoms with Crippen molar-refractivity contribution >= 4 is 11.6 Å². The van der Waals surface area contributed by atoms with Gasteiger partial charge in [0.1, 0.15) is 0 Å². The SMILES string of the molecule is OC[C@H](c1ccc(C(F)(F)F)c(Cl)c1)N1CCNCC1. The van der Waals surface area contributed by atoms with Gasteiger partial charge in [0.15, 0.2) is 0 Å². The Morgan fingerprint density at radius 3 is 2.45 bits per heavy atom. The predicted molar refractivity (Wildman–Crippen MR) is 70.7 cm³/mol. The number of halogens is 4. The summed E-state index contributed by atoms with van der Waals surface area (Å²) in [4.78, 5) is 2.04. The van der Waals surface area contributed by atoms with Crippen LogP contribution in [0.1, 0.15) is 17.2 Å². The van der Waals surface area contributed by atoms with Crippen LogP contribution in [0, 0.1) is 0 Å². The third kappa shape index (κ3) is 3.44. The molecule has 0 radical (unpaired) electrons. The zero-order chi connectivity index (χ0) is 14.8. The molecule has 0 unspecified atom stereocenters. The Labute approximate surface area is 120 Å². The molecule has 1 atom stereocenters. The number of aliphatic hydroxyl groups is 1. The fourth-order valence-electron chi connectivity index (χ4n) is 2.39. The van der Waals surface area contributed by atoms with Crippen molar-refractivity contribution in [2.75, 3.05) is 32.8 Å². The van der Waals surface area contributed by atoms with Crippen LogP contribution in [0.2, 0.25) is 5.02 Å². The van der Waals surface area contributed by atoms with E-state index in [4.69, 9.17) is 11.6 Å². The highest BCUT2D eigenvalue weighted by Gasteiger charge is 2.33. The lowest BCUT2D eigenvalue weighted by Gasteiger charge is -2.34. The Morgan fingerprint density at radius 1 is 1.30 bits per heavy atom.